The van der Waals surface area contributed by atoms with Crippen molar-refractivity contribution in [1.82, 2.24) is 0 Å². The van der Waals surface area contributed by atoms with E-state index < -0.39 is 0 Å². The van der Waals surface area contributed by atoms with Crippen molar-refractivity contribution in [3.8, 4) is 0 Å². The SMILES string of the molecule is CCCCCCCCC/C=C\CCCC1CC(=O)c2ccccc2N1C. The highest BCUT2D eigenvalue weighted by molar-refractivity contribution is 6.03. The maximum absolute atomic E-state index is 12.3. The van der Waals surface area contributed by atoms with E-state index >= 15 is 0 Å². The number of allylic oxidation sites excluding steroid dienone is 2. The van der Waals surface area contributed by atoms with E-state index in [1.54, 1.807) is 0 Å². The van der Waals surface area contributed by atoms with Crippen LogP contribution in [0.3, 0.4) is 0 Å². The first kappa shape index (κ1) is 20.7. The monoisotopic (exact) mass is 355 g/mol. The third-order valence-electron chi connectivity index (χ3n) is 5.60. The first-order chi connectivity index (χ1) is 12.7. The van der Waals surface area contributed by atoms with Gasteiger partial charge in [0.1, 0.15) is 0 Å². The number of ketones is 1. The summed E-state index contributed by atoms with van der Waals surface area (Å²) < 4.78 is 0. The summed E-state index contributed by atoms with van der Waals surface area (Å²) in [5.41, 5.74) is 1.99. The van der Waals surface area contributed by atoms with Crippen molar-refractivity contribution in [2.45, 2.75) is 90.0 Å². The number of unbranched alkanes of at least 4 members (excludes halogenated alkanes) is 8. The average molecular weight is 356 g/mol. The Balaban J connectivity index is 1.57. The zero-order chi connectivity index (χ0) is 18.6. The van der Waals surface area contributed by atoms with Crippen LogP contribution in [0.5, 0.6) is 0 Å². The fourth-order valence-electron chi connectivity index (χ4n) is 3.90. The summed E-state index contributed by atoms with van der Waals surface area (Å²) in [5, 5.41) is 0. The lowest BCUT2D eigenvalue weighted by Crippen LogP contribution is -2.38. The van der Waals surface area contributed by atoms with Crippen molar-refractivity contribution >= 4 is 11.5 Å². The van der Waals surface area contributed by atoms with Crippen molar-refractivity contribution < 1.29 is 4.79 Å². The molecule has 1 atom stereocenters. The maximum Gasteiger partial charge on any atom is 0.167 e. The summed E-state index contributed by atoms with van der Waals surface area (Å²) in [6.45, 7) is 2.27. The number of hydrogen-bond donors (Lipinski definition) is 0. The van der Waals surface area contributed by atoms with Crippen LogP contribution in [0.2, 0.25) is 0 Å². The quantitative estimate of drug-likeness (QED) is 0.299. The number of anilines is 1. The van der Waals surface area contributed by atoms with Crippen LogP contribution < -0.4 is 4.90 Å². The molecular formula is C24H37NO. The summed E-state index contributed by atoms with van der Waals surface area (Å²) in [5.74, 6) is 0.304. The van der Waals surface area contributed by atoms with Crippen molar-refractivity contribution in [3.05, 3.63) is 42.0 Å². The fourth-order valence-corrected chi connectivity index (χ4v) is 3.90. The predicted molar refractivity (Wildman–Crippen MR) is 113 cm³/mol. The lowest BCUT2D eigenvalue weighted by Gasteiger charge is -2.35. The molecule has 1 aliphatic heterocycles. The molecular weight excluding hydrogens is 318 g/mol. The van der Waals surface area contributed by atoms with Crippen LogP contribution in [-0.4, -0.2) is 18.9 Å². The van der Waals surface area contributed by atoms with Gasteiger partial charge in [0.25, 0.3) is 0 Å². The predicted octanol–water partition coefficient (Wildman–Crippen LogP) is 6.95. The van der Waals surface area contributed by atoms with E-state index in [1.807, 2.05) is 18.2 Å². The van der Waals surface area contributed by atoms with Crippen molar-refractivity contribution in [2.24, 2.45) is 0 Å². The summed E-state index contributed by atoms with van der Waals surface area (Å²) >= 11 is 0. The number of hydrogen-bond acceptors (Lipinski definition) is 2. The zero-order valence-corrected chi connectivity index (χ0v) is 16.9. The van der Waals surface area contributed by atoms with Gasteiger partial charge in [0.05, 0.1) is 0 Å². The molecule has 0 saturated heterocycles. The third-order valence-corrected chi connectivity index (χ3v) is 5.60. The minimum Gasteiger partial charge on any atom is -0.371 e. The lowest BCUT2D eigenvalue weighted by atomic mass is 9.92. The normalized spacial score (nSPS) is 17.1. The summed E-state index contributed by atoms with van der Waals surface area (Å²) in [7, 11) is 2.13. The molecule has 2 heteroatoms. The first-order valence-electron chi connectivity index (χ1n) is 10.7. The van der Waals surface area contributed by atoms with Gasteiger partial charge in [-0.15, -0.1) is 0 Å². The van der Waals surface area contributed by atoms with Gasteiger partial charge in [-0.25, -0.2) is 0 Å². The van der Waals surface area contributed by atoms with E-state index in [4.69, 9.17) is 0 Å². The number of para-hydroxylation sites is 1. The molecule has 1 aliphatic rings. The molecule has 0 N–H and O–H groups in total. The Bertz CT molecular complexity index is 563. The highest BCUT2D eigenvalue weighted by atomic mass is 16.1. The lowest BCUT2D eigenvalue weighted by molar-refractivity contribution is 0.0965. The Hall–Kier alpha value is -1.57. The first-order valence-corrected chi connectivity index (χ1v) is 10.7. The van der Waals surface area contributed by atoms with E-state index in [2.05, 4.69) is 37.1 Å². The van der Waals surface area contributed by atoms with E-state index in [0.29, 0.717) is 18.2 Å². The molecule has 0 bridgehead atoms. The molecule has 1 unspecified atom stereocenters. The molecule has 144 valence electrons. The number of carbonyl (C=O) groups excluding carboxylic acids is 1. The number of Topliss-reactive ketones (excluding diaryl/α,β-unsaturated/α-hetero) is 1. The van der Waals surface area contributed by atoms with Crippen LogP contribution in [0.25, 0.3) is 0 Å². The topological polar surface area (TPSA) is 20.3 Å². The van der Waals surface area contributed by atoms with Gasteiger partial charge >= 0.3 is 0 Å². The van der Waals surface area contributed by atoms with E-state index in [9.17, 15) is 4.79 Å². The second-order valence-corrected chi connectivity index (χ2v) is 7.72. The van der Waals surface area contributed by atoms with Crippen LogP contribution in [-0.2, 0) is 0 Å². The van der Waals surface area contributed by atoms with Crippen molar-refractivity contribution in [1.29, 1.82) is 0 Å². The van der Waals surface area contributed by atoms with E-state index in [0.717, 1.165) is 30.5 Å². The molecule has 0 radical (unpaired) electrons. The number of carbonyl (C=O) groups is 1. The van der Waals surface area contributed by atoms with E-state index in [-0.39, 0.29) is 0 Å². The number of benzene rings is 1. The highest BCUT2D eigenvalue weighted by Crippen LogP contribution is 2.31. The van der Waals surface area contributed by atoms with E-state index in [1.165, 1.54) is 51.4 Å². The molecule has 1 aromatic rings. The molecule has 0 fully saturated rings. The standard InChI is InChI=1S/C24H37NO/c1-3-4-5-6-7-8-9-10-11-12-13-14-17-21-20-24(26)22-18-15-16-19-23(22)25(21)2/h11-12,15-16,18-19,21H,3-10,13-14,17,20H2,1-2H3/b12-11-. The van der Waals surface area contributed by atoms with Crippen LogP contribution in [0, 0.1) is 0 Å². The molecule has 0 aliphatic carbocycles. The zero-order valence-electron chi connectivity index (χ0n) is 16.9. The Kier molecular flexibility index (Phi) is 9.52. The number of nitrogens with zero attached hydrogens (tertiary/aromatic N) is 1. The van der Waals surface area contributed by atoms with Gasteiger partial charge in [-0.2, -0.15) is 0 Å². The van der Waals surface area contributed by atoms with Crippen molar-refractivity contribution in [2.75, 3.05) is 11.9 Å². The Morgan fingerprint density at radius 1 is 0.962 bits per heavy atom. The average Bonchev–Trinajstić information content (AvgIpc) is 2.66. The van der Waals surface area contributed by atoms with Gasteiger partial charge in [0.2, 0.25) is 0 Å². The Morgan fingerprint density at radius 2 is 1.62 bits per heavy atom. The molecule has 26 heavy (non-hydrogen) atoms. The minimum atomic E-state index is 0.304. The van der Waals surface area contributed by atoms with Gasteiger partial charge in [-0.1, -0.05) is 69.7 Å². The minimum absolute atomic E-state index is 0.304. The Labute approximate surface area is 160 Å². The summed E-state index contributed by atoms with van der Waals surface area (Å²) in [4.78, 5) is 14.6. The largest absolute Gasteiger partial charge is 0.371 e. The second-order valence-electron chi connectivity index (χ2n) is 7.72. The smallest absolute Gasteiger partial charge is 0.167 e. The molecule has 0 amide bonds. The molecule has 1 aromatic carbocycles. The summed E-state index contributed by atoms with van der Waals surface area (Å²) in [6, 6.07) is 8.37. The molecule has 1 heterocycles. The molecule has 2 nitrogen and oxygen atoms in total. The Morgan fingerprint density at radius 3 is 2.38 bits per heavy atom. The summed E-state index contributed by atoms with van der Waals surface area (Å²) in [6.07, 6.45) is 19.6. The van der Waals surface area contributed by atoms with Crippen molar-refractivity contribution in [3.63, 3.8) is 0 Å². The molecule has 0 spiro atoms. The number of fused-ring (bicyclic) bond motifs is 1. The van der Waals surface area contributed by atoms with Gasteiger partial charge < -0.3 is 4.90 Å². The van der Waals surface area contributed by atoms with Gasteiger partial charge in [0, 0.05) is 30.8 Å². The molecule has 0 aromatic heterocycles. The van der Waals surface area contributed by atoms with Gasteiger partial charge in [-0.3, -0.25) is 4.79 Å². The highest BCUT2D eigenvalue weighted by Gasteiger charge is 2.27. The van der Waals surface area contributed by atoms with Crippen LogP contribution in [0.1, 0.15) is 94.3 Å². The molecule has 2 rings (SSSR count). The molecule has 0 saturated carbocycles. The maximum atomic E-state index is 12.3. The van der Waals surface area contributed by atoms with Gasteiger partial charge in [-0.05, 0) is 44.2 Å². The van der Waals surface area contributed by atoms with Gasteiger partial charge in [0.15, 0.2) is 5.78 Å². The van der Waals surface area contributed by atoms with Crippen LogP contribution in [0.15, 0.2) is 36.4 Å². The third kappa shape index (κ3) is 6.63. The van der Waals surface area contributed by atoms with Crippen LogP contribution >= 0.6 is 0 Å². The second kappa shape index (κ2) is 11.9. The fraction of sp³-hybridized carbons (Fsp3) is 0.625. The number of rotatable bonds is 12. The van der Waals surface area contributed by atoms with Crippen LogP contribution in [0.4, 0.5) is 5.69 Å².